The Morgan fingerprint density at radius 2 is 1.65 bits per heavy atom. The van der Waals surface area contributed by atoms with Crippen LogP contribution in [-0.2, 0) is 0 Å². The fourth-order valence-electron chi connectivity index (χ4n) is 3.17. The van der Waals surface area contributed by atoms with Crippen molar-refractivity contribution in [2.45, 2.75) is 59.4 Å². The zero-order chi connectivity index (χ0) is 19.1. The van der Waals surface area contributed by atoms with Gasteiger partial charge in [-0.2, -0.15) is 0 Å². The van der Waals surface area contributed by atoms with Gasteiger partial charge < -0.3 is 14.8 Å². The average Bonchev–Trinajstić information content (AvgIpc) is 2.64. The van der Waals surface area contributed by atoms with E-state index < -0.39 is 0 Å². The van der Waals surface area contributed by atoms with Crippen molar-refractivity contribution in [1.82, 2.24) is 9.97 Å². The normalized spacial score (nSPS) is 10.9. The Labute approximate surface area is 157 Å². The lowest BCUT2D eigenvalue weighted by Crippen LogP contribution is -2.21. The molecule has 1 aromatic heterocycles. The number of aromatic nitrogens is 2. The summed E-state index contributed by atoms with van der Waals surface area (Å²) >= 11 is 0. The fourth-order valence-corrected chi connectivity index (χ4v) is 3.17. The average molecular weight is 357 g/mol. The molecule has 5 heteroatoms. The quantitative estimate of drug-likeness (QED) is 0.672. The number of methoxy groups -OCH3 is 2. The Bertz CT molecular complexity index is 725. The summed E-state index contributed by atoms with van der Waals surface area (Å²) in [6.45, 7) is 8.43. The van der Waals surface area contributed by atoms with Gasteiger partial charge >= 0.3 is 0 Å². The van der Waals surface area contributed by atoms with Crippen LogP contribution >= 0.6 is 0 Å². The minimum Gasteiger partial charge on any atom is -0.497 e. The number of hydrogen-bond donors (Lipinski definition) is 1. The van der Waals surface area contributed by atoms with Crippen LogP contribution in [0.4, 0.5) is 5.82 Å². The van der Waals surface area contributed by atoms with Gasteiger partial charge in [0.15, 0.2) is 0 Å². The molecule has 0 saturated carbocycles. The van der Waals surface area contributed by atoms with Crippen molar-refractivity contribution < 1.29 is 9.47 Å². The maximum absolute atomic E-state index is 5.53. The molecular formula is C21H31N3O2. The first kappa shape index (κ1) is 20.0. The Balaban J connectivity index is 2.37. The molecule has 0 atom stereocenters. The molecule has 1 heterocycles. The first-order valence-electron chi connectivity index (χ1n) is 9.38. The van der Waals surface area contributed by atoms with Crippen LogP contribution in [0.1, 0.15) is 50.9 Å². The third-order valence-electron chi connectivity index (χ3n) is 4.52. The van der Waals surface area contributed by atoms with Crippen molar-refractivity contribution in [2.75, 3.05) is 19.5 Å². The van der Waals surface area contributed by atoms with Crippen molar-refractivity contribution in [3.63, 3.8) is 0 Å². The van der Waals surface area contributed by atoms with E-state index in [2.05, 4.69) is 19.2 Å². The zero-order valence-corrected chi connectivity index (χ0v) is 16.8. The molecule has 2 aromatic rings. The molecule has 0 aliphatic rings. The molecule has 0 amide bonds. The molecule has 0 aliphatic heterocycles. The molecule has 1 N–H and O–H groups in total. The molecule has 0 fully saturated rings. The number of nitrogens with zero attached hydrogens (tertiary/aromatic N) is 2. The maximum Gasteiger partial charge on any atom is 0.148 e. The van der Waals surface area contributed by atoms with Crippen LogP contribution in [0.2, 0.25) is 0 Å². The molecule has 0 spiro atoms. The molecule has 0 radical (unpaired) electrons. The van der Waals surface area contributed by atoms with Crippen LogP contribution in [0.15, 0.2) is 18.2 Å². The Hall–Kier alpha value is -2.30. The number of benzene rings is 1. The van der Waals surface area contributed by atoms with Gasteiger partial charge in [-0.3, -0.25) is 0 Å². The van der Waals surface area contributed by atoms with Crippen LogP contribution in [0, 0.1) is 13.8 Å². The molecule has 0 saturated heterocycles. The predicted octanol–water partition coefficient (Wildman–Crippen LogP) is 5.16. The van der Waals surface area contributed by atoms with E-state index in [1.165, 1.54) is 0 Å². The first-order chi connectivity index (χ1) is 12.5. The van der Waals surface area contributed by atoms with Gasteiger partial charge in [0.25, 0.3) is 0 Å². The molecule has 0 unspecified atom stereocenters. The second-order valence-electron chi connectivity index (χ2n) is 6.58. The molecule has 2 rings (SSSR count). The van der Waals surface area contributed by atoms with Crippen molar-refractivity contribution in [1.29, 1.82) is 0 Å². The lowest BCUT2D eigenvalue weighted by Gasteiger charge is -2.20. The van der Waals surface area contributed by atoms with Gasteiger partial charge in [-0.05, 0) is 38.8 Å². The number of anilines is 1. The smallest absolute Gasteiger partial charge is 0.148 e. The summed E-state index contributed by atoms with van der Waals surface area (Å²) < 4.78 is 10.8. The molecule has 142 valence electrons. The van der Waals surface area contributed by atoms with Crippen molar-refractivity contribution in [3.05, 3.63) is 29.6 Å². The largest absolute Gasteiger partial charge is 0.497 e. The molecule has 0 bridgehead atoms. The van der Waals surface area contributed by atoms with E-state index >= 15 is 0 Å². The summed E-state index contributed by atoms with van der Waals surface area (Å²) in [5, 5.41) is 3.59. The topological polar surface area (TPSA) is 56.3 Å². The Morgan fingerprint density at radius 3 is 2.23 bits per heavy atom. The van der Waals surface area contributed by atoms with Crippen molar-refractivity contribution in [2.24, 2.45) is 0 Å². The van der Waals surface area contributed by atoms with Crippen LogP contribution < -0.4 is 14.8 Å². The van der Waals surface area contributed by atoms with Crippen molar-refractivity contribution >= 4 is 5.82 Å². The highest BCUT2D eigenvalue weighted by Gasteiger charge is 2.16. The lowest BCUT2D eigenvalue weighted by molar-refractivity contribution is 0.395. The summed E-state index contributed by atoms with van der Waals surface area (Å²) in [6.07, 6.45) is 4.60. The number of rotatable bonds is 9. The highest BCUT2D eigenvalue weighted by Crippen LogP contribution is 2.34. The van der Waals surface area contributed by atoms with Gasteiger partial charge in [-0.15, -0.1) is 0 Å². The minimum absolute atomic E-state index is 0.443. The van der Waals surface area contributed by atoms with E-state index in [9.17, 15) is 0 Å². The van der Waals surface area contributed by atoms with Gasteiger partial charge in [0.1, 0.15) is 17.3 Å². The number of aryl methyl sites for hydroxylation is 2. The van der Waals surface area contributed by atoms with Crippen molar-refractivity contribution in [3.8, 4) is 22.8 Å². The van der Waals surface area contributed by atoms with E-state index in [-0.39, 0.29) is 0 Å². The fraction of sp³-hybridized carbons (Fsp3) is 0.524. The molecule has 0 aliphatic carbocycles. The summed E-state index contributed by atoms with van der Waals surface area (Å²) in [5.74, 6) is 2.37. The molecule has 26 heavy (non-hydrogen) atoms. The van der Waals surface area contributed by atoms with E-state index in [1.54, 1.807) is 14.2 Å². The molecule has 1 aromatic carbocycles. The van der Waals surface area contributed by atoms with Crippen LogP contribution in [0.5, 0.6) is 11.5 Å². The third kappa shape index (κ3) is 4.65. The maximum atomic E-state index is 5.53. The number of hydrogen-bond acceptors (Lipinski definition) is 5. The monoisotopic (exact) mass is 357 g/mol. The number of nitrogens with one attached hydrogen (secondary N) is 1. The summed E-state index contributed by atoms with van der Waals surface area (Å²) in [5.41, 5.74) is 3.55. The van der Waals surface area contributed by atoms with E-state index in [1.807, 2.05) is 32.0 Å². The second-order valence-corrected chi connectivity index (χ2v) is 6.58. The van der Waals surface area contributed by atoms with E-state index in [4.69, 9.17) is 19.4 Å². The van der Waals surface area contributed by atoms with Gasteiger partial charge in [-0.1, -0.05) is 26.7 Å². The Kier molecular flexibility index (Phi) is 7.25. The van der Waals surface area contributed by atoms with Gasteiger partial charge in [0.05, 0.1) is 31.3 Å². The first-order valence-corrected chi connectivity index (χ1v) is 9.38. The highest BCUT2D eigenvalue weighted by molar-refractivity contribution is 5.71. The van der Waals surface area contributed by atoms with Gasteiger partial charge in [-0.25, -0.2) is 9.97 Å². The molecular weight excluding hydrogens is 326 g/mol. The van der Waals surface area contributed by atoms with Gasteiger partial charge in [0.2, 0.25) is 0 Å². The van der Waals surface area contributed by atoms with E-state index in [0.29, 0.717) is 6.04 Å². The van der Waals surface area contributed by atoms with Crippen LogP contribution in [-0.4, -0.2) is 30.2 Å². The van der Waals surface area contributed by atoms with Crippen LogP contribution in [0.25, 0.3) is 11.3 Å². The summed E-state index contributed by atoms with van der Waals surface area (Å²) in [4.78, 5) is 9.65. The third-order valence-corrected chi connectivity index (χ3v) is 4.52. The SMILES string of the molecule is CCCC(CCC)Nc1nc(C)c(-c2ccc(OC)cc2OC)nc1C. The van der Waals surface area contributed by atoms with Crippen LogP contribution in [0.3, 0.4) is 0 Å². The lowest BCUT2D eigenvalue weighted by atomic mass is 10.1. The highest BCUT2D eigenvalue weighted by atomic mass is 16.5. The van der Waals surface area contributed by atoms with E-state index in [0.717, 1.165) is 65.6 Å². The predicted molar refractivity (Wildman–Crippen MR) is 107 cm³/mol. The zero-order valence-electron chi connectivity index (χ0n) is 16.8. The minimum atomic E-state index is 0.443. The summed E-state index contributed by atoms with van der Waals surface area (Å²) in [7, 11) is 3.30. The Morgan fingerprint density at radius 1 is 0.962 bits per heavy atom. The summed E-state index contributed by atoms with van der Waals surface area (Å²) in [6, 6.07) is 6.20. The number of ether oxygens (including phenoxy) is 2. The second kappa shape index (κ2) is 9.41. The molecule has 5 nitrogen and oxygen atoms in total. The van der Waals surface area contributed by atoms with Gasteiger partial charge in [0, 0.05) is 17.7 Å². The standard InChI is InChI=1S/C21H31N3O2/c1-7-9-16(10-8-2)24-21-15(4)22-20(14(3)23-21)18-12-11-17(25-5)13-19(18)26-6/h11-13,16H,7-10H2,1-6H3,(H,23,24).